The van der Waals surface area contributed by atoms with Crippen LogP contribution in [0.5, 0.6) is 0 Å². The van der Waals surface area contributed by atoms with Crippen LogP contribution in [0.2, 0.25) is 0 Å². The Kier molecular flexibility index (Phi) is 3.42. The molecule has 114 valence electrons. The monoisotopic (exact) mass is 321 g/mol. The Bertz CT molecular complexity index is 970. The molecule has 3 heterocycles. The van der Waals surface area contributed by atoms with E-state index in [1.54, 1.807) is 22.7 Å². The average molecular weight is 321 g/mol. The highest BCUT2D eigenvalue weighted by Crippen LogP contribution is 2.32. The predicted octanol–water partition coefficient (Wildman–Crippen LogP) is 4.62. The highest BCUT2D eigenvalue weighted by Gasteiger charge is 2.12. The van der Waals surface area contributed by atoms with E-state index < -0.39 is 0 Å². The van der Waals surface area contributed by atoms with E-state index in [0.29, 0.717) is 0 Å². The maximum atomic E-state index is 5.67. The highest BCUT2D eigenvalue weighted by molar-refractivity contribution is 7.98. The molecule has 0 atom stereocenters. The van der Waals surface area contributed by atoms with Gasteiger partial charge in [0.25, 0.3) is 0 Å². The maximum absolute atomic E-state index is 5.67. The zero-order valence-electron chi connectivity index (χ0n) is 12.9. The second-order valence-electron chi connectivity index (χ2n) is 5.32. The third-order valence-corrected chi connectivity index (χ3v) is 4.56. The van der Waals surface area contributed by atoms with Gasteiger partial charge in [0.15, 0.2) is 5.58 Å². The highest BCUT2D eigenvalue weighted by atomic mass is 32.2. The summed E-state index contributed by atoms with van der Waals surface area (Å²) in [6.45, 7) is 0. The van der Waals surface area contributed by atoms with Crippen LogP contribution >= 0.6 is 11.8 Å². The number of aromatic nitrogens is 3. The second-order valence-corrected chi connectivity index (χ2v) is 6.20. The lowest BCUT2D eigenvalue weighted by Gasteiger charge is -2.01. The SMILES string of the molecule is CSc1ccc(-c2coc3ccc(-c4cnn(C)c4)nc23)cc1. The first kappa shape index (κ1) is 14.1. The molecule has 1 aromatic carbocycles. The minimum Gasteiger partial charge on any atom is -0.462 e. The van der Waals surface area contributed by atoms with Crippen LogP contribution in [-0.4, -0.2) is 21.0 Å². The van der Waals surface area contributed by atoms with Gasteiger partial charge in [-0.1, -0.05) is 12.1 Å². The fourth-order valence-electron chi connectivity index (χ4n) is 2.60. The molecule has 0 aliphatic carbocycles. The number of thioether (sulfide) groups is 1. The minimum atomic E-state index is 0.793. The summed E-state index contributed by atoms with van der Waals surface area (Å²) in [7, 11) is 1.90. The zero-order chi connectivity index (χ0) is 15.8. The van der Waals surface area contributed by atoms with Crippen LogP contribution in [0.15, 0.2) is 64.4 Å². The Hall–Kier alpha value is -2.53. The summed E-state index contributed by atoms with van der Waals surface area (Å²) in [5, 5.41) is 4.21. The Morgan fingerprint density at radius 2 is 1.87 bits per heavy atom. The Morgan fingerprint density at radius 1 is 1.04 bits per heavy atom. The van der Waals surface area contributed by atoms with Crippen LogP contribution in [0, 0.1) is 0 Å². The number of aryl methyl sites for hydroxylation is 1. The van der Waals surface area contributed by atoms with Gasteiger partial charge in [0, 0.05) is 29.3 Å². The van der Waals surface area contributed by atoms with E-state index in [1.807, 2.05) is 31.6 Å². The van der Waals surface area contributed by atoms with Gasteiger partial charge in [0.1, 0.15) is 11.8 Å². The first-order chi connectivity index (χ1) is 11.2. The predicted molar refractivity (Wildman–Crippen MR) is 93.4 cm³/mol. The molecule has 0 amide bonds. The summed E-state index contributed by atoms with van der Waals surface area (Å²) in [4.78, 5) is 6.03. The fraction of sp³-hybridized carbons (Fsp3) is 0.111. The Balaban J connectivity index is 1.83. The molecule has 0 aliphatic heterocycles. The number of pyridine rings is 1. The van der Waals surface area contributed by atoms with Crippen molar-refractivity contribution in [1.82, 2.24) is 14.8 Å². The molecule has 0 aliphatic rings. The first-order valence-corrected chi connectivity index (χ1v) is 8.49. The van der Waals surface area contributed by atoms with Gasteiger partial charge >= 0.3 is 0 Å². The number of fused-ring (bicyclic) bond motifs is 1. The molecule has 0 unspecified atom stereocenters. The van der Waals surface area contributed by atoms with Crippen LogP contribution < -0.4 is 0 Å². The molecular formula is C18H15N3OS. The lowest BCUT2D eigenvalue weighted by atomic mass is 10.1. The number of furan rings is 1. The van der Waals surface area contributed by atoms with Crippen molar-refractivity contribution in [2.24, 2.45) is 7.05 Å². The minimum absolute atomic E-state index is 0.793. The van der Waals surface area contributed by atoms with Gasteiger partial charge in [-0.2, -0.15) is 5.10 Å². The van der Waals surface area contributed by atoms with Gasteiger partial charge in [-0.15, -0.1) is 11.8 Å². The van der Waals surface area contributed by atoms with Crippen LogP contribution in [0.4, 0.5) is 0 Å². The summed E-state index contributed by atoms with van der Waals surface area (Å²) in [5.41, 5.74) is 5.69. The Morgan fingerprint density at radius 3 is 2.57 bits per heavy atom. The fourth-order valence-corrected chi connectivity index (χ4v) is 3.01. The van der Waals surface area contributed by atoms with E-state index in [0.717, 1.165) is 33.5 Å². The molecule has 0 fully saturated rings. The first-order valence-electron chi connectivity index (χ1n) is 7.26. The second kappa shape index (κ2) is 5.59. The van der Waals surface area contributed by atoms with E-state index in [4.69, 9.17) is 9.40 Å². The standard InChI is InChI=1S/C18H15N3OS/c1-21-10-13(9-19-21)16-7-8-17-18(20-16)15(11-22-17)12-3-5-14(23-2)6-4-12/h3-11H,1-2H3. The lowest BCUT2D eigenvalue weighted by molar-refractivity contribution is 0.616. The van der Waals surface area contributed by atoms with Crippen LogP contribution in [0.25, 0.3) is 33.5 Å². The van der Waals surface area contributed by atoms with Gasteiger partial charge in [-0.25, -0.2) is 4.98 Å². The number of nitrogens with zero attached hydrogens (tertiary/aromatic N) is 3. The molecule has 0 saturated heterocycles. The summed E-state index contributed by atoms with van der Waals surface area (Å²) in [6.07, 6.45) is 7.63. The van der Waals surface area contributed by atoms with Crippen LogP contribution in [0.3, 0.4) is 0 Å². The largest absolute Gasteiger partial charge is 0.462 e. The lowest BCUT2D eigenvalue weighted by Crippen LogP contribution is -1.85. The van der Waals surface area contributed by atoms with Crippen molar-refractivity contribution >= 4 is 22.9 Å². The molecule has 0 radical (unpaired) electrons. The number of benzene rings is 1. The maximum Gasteiger partial charge on any atom is 0.153 e. The molecule has 0 spiro atoms. The summed E-state index contributed by atoms with van der Waals surface area (Å²) >= 11 is 1.73. The topological polar surface area (TPSA) is 43.9 Å². The molecule has 4 aromatic rings. The third kappa shape index (κ3) is 2.53. The number of rotatable bonds is 3. The summed E-state index contributed by atoms with van der Waals surface area (Å²) < 4.78 is 7.44. The summed E-state index contributed by atoms with van der Waals surface area (Å²) in [6, 6.07) is 12.4. The van der Waals surface area contributed by atoms with Crippen molar-refractivity contribution in [3.63, 3.8) is 0 Å². The summed E-state index contributed by atoms with van der Waals surface area (Å²) in [5.74, 6) is 0. The molecule has 0 saturated carbocycles. The van der Waals surface area contributed by atoms with Crippen molar-refractivity contribution in [1.29, 1.82) is 0 Å². The average Bonchev–Trinajstić information content (AvgIpc) is 3.20. The van der Waals surface area contributed by atoms with Crippen molar-refractivity contribution in [2.75, 3.05) is 6.26 Å². The van der Waals surface area contributed by atoms with Crippen LogP contribution in [0.1, 0.15) is 0 Å². The normalized spacial score (nSPS) is 11.2. The van der Waals surface area contributed by atoms with Gasteiger partial charge in [0.05, 0.1) is 11.9 Å². The third-order valence-electron chi connectivity index (χ3n) is 3.82. The van der Waals surface area contributed by atoms with E-state index in [9.17, 15) is 0 Å². The van der Waals surface area contributed by atoms with E-state index >= 15 is 0 Å². The van der Waals surface area contributed by atoms with E-state index in [-0.39, 0.29) is 0 Å². The molecular weight excluding hydrogens is 306 g/mol. The van der Waals surface area contributed by atoms with Crippen molar-refractivity contribution < 1.29 is 4.42 Å². The molecule has 4 nitrogen and oxygen atoms in total. The molecule has 4 rings (SSSR count). The Labute approximate surface area is 138 Å². The molecule has 5 heteroatoms. The number of hydrogen-bond donors (Lipinski definition) is 0. The van der Waals surface area contributed by atoms with Gasteiger partial charge in [-0.05, 0) is 36.1 Å². The smallest absolute Gasteiger partial charge is 0.153 e. The molecule has 0 bridgehead atoms. The quantitative estimate of drug-likeness (QED) is 0.517. The van der Waals surface area contributed by atoms with E-state index in [2.05, 4.69) is 35.6 Å². The van der Waals surface area contributed by atoms with Crippen LogP contribution in [-0.2, 0) is 7.05 Å². The number of hydrogen-bond acceptors (Lipinski definition) is 4. The van der Waals surface area contributed by atoms with Crippen molar-refractivity contribution in [2.45, 2.75) is 4.90 Å². The van der Waals surface area contributed by atoms with Gasteiger partial charge in [-0.3, -0.25) is 4.68 Å². The molecule has 0 N–H and O–H groups in total. The van der Waals surface area contributed by atoms with Gasteiger partial charge in [0.2, 0.25) is 0 Å². The molecule has 23 heavy (non-hydrogen) atoms. The van der Waals surface area contributed by atoms with E-state index in [1.165, 1.54) is 4.90 Å². The van der Waals surface area contributed by atoms with Crippen molar-refractivity contribution in [3.05, 3.63) is 55.1 Å². The van der Waals surface area contributed by atoms with Gasteiger partial charge < -0.3 is 4.42 Å². The zero-order valence-corrected chi connectivity index (χ0v) is 13.7. The molecule has 3 aromatic heterocycles. The van der Waals surface area contributed by atoms with Crippen molar-refractivity contribution in [3.8, 4) is 22.4 Å².